The first-order valence-electron chi connectivity index (χ1n) is 19.1. The molecule has 3 aliphatic rings. The number of morpholine rings is 1. The van der Waals surface area contributed by atoms with Gasteiger partial charge in [0.1, 0.15) is 18.6 Å². The van der Waals surface area contributed by atoms with Crippen LogP contribution in [0.5, 0.6) is 5.88 Å². The second-order valence-electron chi connectivity index (χ2n) is 14.8. The first-order chi connectivity index (χ1) is 28.8. The van der Waals surface area contributed by atoms with Crippen molar-refractivity contribution in [2.45, 2.75) is 31.0 Å². The molecule has 0 bridgehead atoms. The maximum absolute atomic E-state index is 12.8. The highest BCUT2D eigenvalue weighted by Crippen LogP contribution is 2.51. The highest BCUT2D eigenvalue weighted by atomic mass is 19.4. The van der Waals surface area contributed by atoms with E-state index >= 15 is 0 Å². The molecule has 15 heteroatoms. The number of hydrogen-bond acceptors (Lipinski definition) is 11. The summed E-state index contributed by atoms with van der Waals surface area (Å²) in [5, 5.41) is 7.80. The van der Waals surface area contributed by atoms with E-state index in [1.54, 1.807) is 18.5 Å². The van der Waals surface area contributed by atoms with E-state index in [9.17, 15) is 13.2 Å². The van der Waals surface area contributed by atoms with Gasteiger partial charge in [-0.15, -0.1) is 0 Å². The van der Waals surface area contributed by atoms with Crippen LogP contribution in [0.2, 0.25) is 0 Å². The standard InChI is InChI=1S/C44H33F3N8O4/c45-44(46,47)25-58-41-15-10-30(19-48-41)28-9-14-35-37(18-28)55-39(26-4-2-1-3-5-26)22-57-24-42(55)53(35)32-11-6-27(7-12-32)38-21-56-23-40-50-33-13-8-29(17-36(33)54(38)40)31-16-34-43(49-20-31)52-59-51-34/h1-20,38-39,42H,21-25H2. The lowest BCUT2D eigenvalue weighted by atomic mass is 10.0. The number of anilines is 3. The number of pyridine rings is 2. The quantitative estimate of drug-likeness (QED) is 0.154. The molecular formula is C44H33F3N8O4. The number of halogens is 3. The zero-order valence-corrected chi connectivity index (χ0v) is 31.2. The van der Waals surface area contributed by atoms with E-state index in [2.05, 4.69) is 89.2 Å². The van der Waals surface area contributed by atoms with Gasteiger partial charge >= 0.3 is 6.18 Å². The predicted octanol–water partition coefficient (Wildman–Crippen LogP) is 8.81. The Morgan fingerprint density at radius 1 is 0.678 bits per heavy atom. The molecule has 12 nitrogen and oxygen atoms in total. The smallest absolute Gasteiger partial charge is 0.422 e. The SMILES string of the molecule is FC(F)(F)COc1ccc(-c2ccc3c(c2)N2C(c4ccccc4)COCC2N3c2ccc(C3COCc4nc5ccc(-c6cnc7nonc7c6)cc5n43)cc2)cn1. The Morgan fingerprint density at radius 2 is 1.46 bits per heavy atom. The minimum Gasteiger partial charge on any atom is -0.468 e. The third kappa shape index (κ3) is 6.29. The van der Waals surface area contributed by atoms with Crippen LogP contribution in [0.1, 0.15) is 29.0 Å². The Bertz CT molecular complexity index is 2830. The van der Waals surface area contributed by atoms with E-state index in [0.29, 0.717) is 37.6 Å². The number of benzene rings is 4. The molecule has 7 heterocycles. The summed E-state index contributed by atoms with van der Waals surface area (Å²) in [6, 6.07) is 36.3. The summed E-state index contributed by atoms with van der Waals surface area (Å²) >= 11 is 0. The van der Waals surface area contributed by atoms with Crippen LogP contribution >= 0.6 is 0 Å². The van der Waals surface area contributed by atoms with Crippen molar-refractivity contribution in [3.05, 3.63) is 139 Å². The fourth-order valence-corrected chi connectivity index (χ4v) is 8.55. The molecule has 1 saturated heterocycles. The molecule has 294 valence electrons. The van der Waals surface area contributed by atoms with Crippen LogP contribution in [-0.2, 0) is 16.1 Å². The molecule has 0 radical (unpaired) electrons. The lowest BCUT2D eigenvalue weighted by Crippen LogP contribution is -2.51. The van der Waals surface area contributed by atoms with Crippen LogP contribution in [0, 0.1) is 0 Å². The number of hydrogen-bond donors (Lipinski definition) is 0. The average molecular weight is 795 g/mol. The number of alkyl halides is 3. The number of fused-ring (bicyclic) bond motifs is 7. The average Bonchev–Trinajstić information content (AvgIpc) is 3.99. The number of rotatable bonds is 7. The molecule has 4 aromatic heterocycles. The van der Waals surface area contributed by atoms with Crippen LogP contribution in [0.25, 0.3) is 44.5 Å². The third-order valence-corrected chi connectivity index (χ3v) is 11.2. The van der Waals surface area contributed by atoms with Gasteiger partial charge in [-0.1, -0.05) is 54.6 Å². The molecule has 11 rings (SSSR count). The molecule has 0 spiro atoms. The molecule has 59 heavy (non-hydrogen) atoms. The second-order valence-corrected chi connectivity index (χ2v) is 14.8. The van der Waals surface area contributed by atoms with Gasteiger partial charge in [0.05, 0.1) is 54.3 Å². The Morgan fingerprint density at radius 3 is 2.29 bits per heavy atom. The fraction of sp³-hybridized carbons (Fsp3) is 0.205. The molecule has 3 atom stereocenters. The Balaban J connectivity index is 0.937. The van der Waals surface area contributed by atoms with E-state index in [0.717, 1.165) is 67.3 Å². The molecule has 4 aromatic carbocycles. The van der Waals surface area contributed by atoms with Crippen molar-refractivity contribution in [2.75, 3.05) is 36.2 Å². The first-order valence-corrected chi connectivity index (χ1v) is 19.1. The lowest BCUT2D eigenvalue weighted by Gasteiger charge is -2.42. The van der Waals surface area contributed by atoms with Gasteiger partial charge in [0.25, 0.3) is 0 Å². The van der Waals surface area contributed by atoms with Gasteiger partial charge in [-0.2, -0.15) is 13.2 Å². The van der Waals surface area contributed by atoms with Gasteiger partial charge in [0, 0.05) is 35.3 Å². The van der Waals surface area contributed by atoms with Crippen LogP contribution in [0.4, 0.5) is 30.2 Å². The Labute approximate surface area is 334 Å². The molecule has 0 amide bonds. The monoisotopic (exact) mass is 794 g/mol. The van der Waals surface area contributed by atoms with Crippen molar-refractivity contribution < 1.29 is 32.0 Å². The number of ether oxygens (including phenoxy) is 3. The maximum atomic E-state index is 12.8. The molecule has 3 unspecified atom stereocenters. The summed E-state index contributed by atoms with van der Waals surface area (Å²) in [6.45, 7) is 0.487. The van der Waals surface area contributed by atoms with Gasteiger partial charge < -0.3 is 28.6 Å². The molecular weight excluding hydrogens is 762 g/mol. The topological polar surface area (TPSA) is 117 Å². The fourth-order valence-electron chi connectivity index (χ4n) is 8.55. The molecule has 3 aliphatic heterocycles. The highest BCUT2D eigenvalue weighted by molar-refractivity contribution is 5.88. The maximum Gasteiger partial charge on any atom is 0.422 e. The van der Waals surface area contributed by atoms with E-state index in [4.69, 9.17) is 23.8 Å². The molecule has 0 N–H and O–H groups in total. The van der Waals surface area contributed by atoms with Gasteiger partial charge in [0.15, 0.2) is 12.1 Å². The third-order valence-electron chi connectivity index (χ3n) is 11.2. The van der Waals surface area contributed by atoms with Crippen LogP contribution in [0.15, 0.2) is 126 Å². The second kappa shape index (κ2) is 13.9. The van der Waals surface area contributed by atoms with Crippen molar-refractivity contribution in [1.29, 1.82) is 0 Å². The normalized spacial score (nSPS) is 18.9. The van der Waals surface area contributed by atoms with Crippen molar-refractivity contribution >= 4 is 39.3 Å². The van der Waals surface area contributed by atoms with Crippen LogP contribution in [-0.4, -0.2) is 68.6 Å². The van der Waals surface area contributed by atoms with Crippen LogP contribution < -0.4 is 14.5 Å². The molecule has 8 aromatic rings. The minimum atomic E-state index is -4.45. The zero-order valence-electron chi connectivity index (χ0n) is 31.2. The van der Waals surface area contributed by atoms with Crippen molar-refractivity contribution in [3.8, 4) is 28.1 Å². The summed E-state index contributed by atoms with van der Waals surface area (Å²) < 4.78 is 62.7. The summed E-state index contributed by atoms with van der Waals surface area (Å²) in [5.41, 5.74) is 11.7. The number of imidazole rings is 1. The zero-order chi connectivity index (χ0) is 39.7. The Kier molecular flexibility index (Phi) is 8.34. The largest absolute Gasteiger partial charge is 0.468 e. The summed E-state index contributed by atoms with van der Waals surface area (Å²) in [6.07, 6.45) is -1.28. The molecule has 0 aliphatic carbocycles. The predicted molar refractivity (Wildman–Crippen MR) is 212 cm³/mol. The summed E-state index contributed by atoms with van der Waals surface area (Å²) in [7, 11) is 0. The van der Waals surface area contributed by atoms with Gasteiger partial charge in [-0.25, -0.2) is 19.6 Å². The Hall–Kier alpha value is -6.84. The number of nitrogens with zero attached hydrogens (tertiary/aromatic N) is 8. The molecule has 1 fully saturated rings. The molecule has 0 saturated carbocycles. The van der Waals surface area contributed by atoms with Gasteiger partial charge in [-0.05, 0) is 81.1 Å². The van der Waals surface area contributed by atoms with E-state index in [1.807, 2.05) is 42.5 Å². The van der Waals surface area contributed by atoms with Crippen molar-refractivity contribution in [1.82, 2.24) is 29.8 Å². The highest BCUT2D eigenvalue weighted by Gasteiger charge is 2.44. The van der Waals surface area contributed by atoms with E-state index in [1.165, 1.54) is 6.07 Å². The minimum absolute atomic E-state index is 0.0629. The summed E-state index contributed by atoms with van der Waals surface area (Å²) in [4.78, 5) is 18.3. The van der Waals surface area contributed by atoms with Crippen molar-refractivity contribution in [3.63, 3.8) is 0 Å². The summed E-state index contributed by atoms with van der Waals surface area (Å²) in [5.74, 6) is 0.773. The van der Waals surface area contributed by atoms with E-state index < -0.39 is 12.8 Å². The van der Waals surface area contributed by atoms with Crippen LogP contribution in [0.3, 0.4) is 0 Å². The number of aromatic nitrogens is 6. The van der Waals surface area contributed by atoms with Crippen molar-refractivity contribution in [2.24, 2.45) is 0 Å². The van der Waals surface area contributed by atoms with E-state index in [-0.39, 0.29) is 24.1 Å². The van der Waals surface area contributed by atoms with Gasteiger partial charge in [-0.3, -0.25) is 0 Å². The first kappa shape index (κ1) is 35.3. The van der Waals surface area contributed by atoms with Gasteiger partial charge in [0.2, 0.25) is 11.5 Å². The lowest BCUT2D eigenvalue weighted by molar-refractivity contribution is -0.154.